The van der Waals surface area contributed by atoms with Crippen LogP contribution in [0.3, 0.4) is 0 Å². The summed E-state index contributed by atoms with van der Waals surface area (Å²) in [4.78, 5) is 8.38. The third kappa shape index (κ3) is 3.92. The molecule has 0 aliphatic rings. The van der Waals surface area contributed by atoms with Crippen molar-refractivity contribution in [3.8, 4) is 0 Å². The van der Waals surface area contributed by atoms with Gasteiger partial charge in [0, 0.05) is 29.6 Å². The summed E-state index contributed by atoms with van der Waals surface area (Å²) >= 11 is 6.12. The van der Waals surface area contributed by atoms with Gasteiger partial charge in [-0.25, -0.2) is 0 Å². The summed E-state index contributed by atoms with van der Waals surface area (Å²) in [5.74, 6) is 1.05. The molecule has 0 amide bonds. The van der Waals surface area contributed by atoms with E-state index in [1.807, 2.05) is 37.3 Å². The molecule has 2 N–H and O–H groups in total. The molecular weight excluding hydrogens is 312 g/mol. The molecule has 0 bridgehead atoms. The number of nitrogens with one attached hydrogen (secondary N) is 2. The molecular formula is C16H15ClN6. The Bertz CT molecular complexity index is 794. The number of pyridine rings is 1. The van der Waals surface area contributed by atoms with Crippen molar-refractivity contribution in [2.45, 2.75) is 13.5 Å². The maximum absolute atomic E-state index is 6.12. The van der Waals surface area contributed by atoms with Crippen LogP contribution in [0.4, 0.5) is 17.5 Å². The minimum absolute atomic E-state index is 0.450. The predicted molar refractivity (Wildman–Crippen MR) is 90.9 cm³/mol. The van der Waals surface area contributed by atoms with Crippen LogP contribution in [0.2, 0.25) is 5.02 Å². The summed E-state index contributed by atoms with van der Waals surface area (Å²) in [5.41, 5.74) is 2.94. The van der Waals surface area contributed by atoms with Crippen molar-refractivity contribution in [2.24, 2.45) is 0 Å². The highest BCUT2D eigenvalue weighted by Gasteiger charge is 2.05. The van der Waals surface area contributed by atoms with Crippen LogP contribution in [-0.2, 0) is 6.54 Å². The van der Waals surface area contributed by atoms with Crippen molar-refractivity contribution in [2.75, 3.05) is 10.6 Å². The fraction of sp³-hybridized carbons (Fsp3) is 0.125. The van der Waals surface area contributed by atoms with Crippen LogP contribution in [0.5, 0.6) is 0 Å². The maximum atomic E-state index is 6.12. The predicted octanol–water partition coefficient (Wildman–Crippen LogP) is 3.58. The summed E-state index contributed by atoms with van der Waals surface area (Å²) in [6, 6.07) is 9.53. The molecule has 0 fully saturated rings. The normalized spacial score (nSPS) is 10.3. The molecule has 0 saturated carbocycles. The van der Waals surface area contributed by atoms with Gasteiger partial charge in [0.2, 0.25) is 5.95 Å². The van der Waals surface area contributed by atoms with Crippen molar-refractivity contribution in [1.82, 2.24) is 20.2 Å². The van der Waals surface area contributed by atoms with Crippen LogP contribution in [-0.4, -0.2) is 20.2 Å². The van der Waals surface area contributed by atoms with Gasteiger partial charge in [-0.15, -0.1) is 5.10 Å². The van der Waals surface area contributed by atoms with E-state index in [0.717, 1.165) is 16.8 Å². The molecule has 0 saturated heterocycles. The first-order chi connectivity index (χ1) is 11.2. The highest BCUT2D eigenvalue weighted by Crippen LogP contribution is 2.25. The topological polar surface area (TPSA) is 75.6 Å². The lowest BCUT2D eigenvalue weighted by Crippen LogP contribution is -2.06. The number of anilines is 3. The number of hydrogen-bond acceptors (Lipinski definition) is 6. The zero-order chi connectivity index (χ0) is 16.1. The lowest BCUT2D eigenvalue weighted by molar-refractivity contribution is 0.947. The van der Waals surface area contributed by atoms with Crippen LogP contribution in [0, 0.1) is 6.92 Å². The summed E-state index contributed by atoms with van der Waals surface area (Å²) in [5, 5.41) is 15.0. The van der Waals surface area contributed by atoms with Gasteiger partial charge >= 0.3 is 0 Å². The molecule has 7 heteroatoms. The van der Waals surface area contributed by atoms with E-state index < -0.39 is 0 Å². The lowest BCUT2D eigenvalue weighted by atomic mass is 10.2. The van der Waals surface area contributed by atoms with E-state index in [1.165, 1.54) is 0 Å². The SMILES string of the molecule is Cc1c(Cl)cccc1Nc1cnnc(NCc2ccncc2)n1. The van der Waals surface area contributed by atoms with E-state index in [-0.39, 0.29) is 0 Å². The standard InChI is InChI=1S/C16H15ClN6/c1-11-13(17)3-2-4-14(11)21-15-10-20-23-16(22-15)19-9-12-5-7-18-8-6-12/h2-8,10H,9H2,1H3,(H2,19,21,22,23). The Hall–Kier alpha value is -2.73. The summed E-state index contributed by atoms with van der Waals surface area (Å²) < 4.78 is 0. The fourth-order valence-electron chi connectivity index (χ4n) is 2.00. The Labute approximate surface area is 139 Å². The molecule has 1 aromatic carbocycles. The number of halogens is 1. The average Bonchev–Trinajstić information content (AvgIpc) is 2.59. The van der Waals surface area contributed by atoms with Gasteiger partial charge in [-0.3, -0.25) is 4.98 Å². The summed E-state index contributed by atoms with van der Waals surface area (Å²) in [6.07, 6.45) is 5.06. The van der Waals surface area contributed by atoms with E-state index in [4.69, 9.17) is 11.6 Å². The second-order valence-electron chi connectivity index (χ2n) is 4.91. The molecule has 0 spiro atoms. The molecule has 0 aliphatic heterocycles. The Morgan fingerprint density at radius 1 is 1.13 bits per heavy atom. The zero-order valence-corrected chi connectivity index (χ0v) is 13.2. The molecule has 3 aromatic rings. The van der Waals surface area contributed by atoms with Gasteiger partial charge in [-0.2, -0.15) is 10.1 Å². The quantitative estimate of drug-likeness (QED) is 0.746. The molecule has 116 valence electrons. The third-order valence-electron chi connectivity index (χ3n) is 3.29. The molecule has 2 heterocycles. The first-order valence-electron chi connectivity index (χ1n) is 7.07. The molecule has 3 rings (SSSR count). The van der Waals surface area contributed by atoms with Crippen molar-refractivity contribution in [1.29, 1.82) is 0 Å². The Morgan fingerprint density at radius 3 is 2.78 bits per heavy atom. The van der Waals surface area contributed by atoms with E-state index in [0.29, 0.717) is 23.3 Å². The smallest absolute Gasteiger partial charge is 0.244 e. The molecule has 0 aliphatic carbocycles. The molecule has 6 nitrogen and oxygen atoms in total. The van der Waals surface area contributed by atoms with Crippen LogP contribution in [0.1, 0.15) is 11.1 Å². The van der Waals surface area contributed by atoms with Crippen LogP contribution in [0.25, 0.3) is 0 Å². The van der Waals surface area contributed by atoms with E-state index in [9.17, 15) is 0 Å². The van der Waals surface area contributed by atoms with Gasteiger partial charge in [-0.1, -0.05) is 17.7 Å². The van der Waals surface area contributed by atoms with Crippen molar-refractivity contribution >= 4 is 29.1 Å². The maximum Gasteiger partial charge on any atom is 0.244 e. The second kappa shape index (κ2) is 7.02. The monoisotopic (exact) mass is 326 g/mol. The second-order valence-corrected chi connectivity index (χ2v) is 5.32. The summed E-state index contributed by atoms with van der Waals surface area (Å²) in [7, 11) is 0. The van der Waals surface area contributed by atoms with Gasteiger partial charge in [0.1, 0.15) is 0 Å². The highest BCUT2D eigenvalue weighted by molar-refractivity contribution is 6.31. The van der Waals surface area contributed by atoms with E-state index in [2.05, 4.69) is 30.8 Å². The molecule has 0 atom stereocenters. The molecule has 0 radical (unpaired) electrons. The number of benzene rings is 1. The van der Waals surface area contributed by atoms with Gasteiger partial charge in [0.15, 0.2) is 5.82 Å². The number of aromatic nitrogens is 4. The first-order valence-corrected chi connectivity index (χ1v) is 7.45. The molecule has 2 aromatic heterocycles. The third-order valence-corrected chi connectivity index (χ3v) is 3.70. The highest BCUT2D eigenvalue weighted by atomic mass is 35.5. The number of nitrogens with zero attached hydrogens (tertiary/aromatic N) is 4. The van der Waals surface area contributed by atoms with Crippen LogP contribution >= 0.6 is 11.6 Å². The van der Waals surface area contributed by atoms with E-state index in [1.54, 1.807) is 18.6 Å². The Balaban J connectivity index is 1.71. The summed E-state index contributed by atoms with van der Waals surface area (Å²) in [6.45, 7) is 2.55. The number of hydrogen-bond donors (Lipinski definition) is 2. The van der Waals surface area contributed by atoms with Crippen LogP contribution < -0.4 is 10.6 Å². The minimum Gasteiger partial charge on any atom is -0.349 e. The number of rotatable bonds is 5. The average molecular weight is 327 g/mol. The Kier molecular flexibility index (Phi) is 4.63. The van der Waals surface area contributed by atoms with Crippen molar-refractivity contribution in [3.05, 3.63) is 65.1 Å². The minimum atomic E-state index is 0.450. The largest absolute Gasteiger partial charge is 0.349 e. The zero-order valence-electron chi connectivity index (χ0n) is 12.5. The lowest BCUT2D eigenvalue weighted by Gasteiger charge is -2.10. The van der Waals surface area contributed by atoms with Gasteiger partial charge in [0.25, 0.3) is 0 Å². The van der Waals surface area contributed by atoms with E-state index >= 15 is 0 Å². The molecule has 0 unspecified atom stereocenters. The molecule has 23 heavy (non-hydrogen) atoms. The Morgan fingerprint density at radius 2 is 1.96 bits per heavy atom. The van der Waals surface area contributed by atoms with Crippen LogP contribution in [0.15, 0.2) is 48.9 Å². The first kappa shape index (κ1) is 15.2. The van der Waals surface area contributed by atoms with Crippen molar-refractivity contribution in [3.63, 3.8) is 0 Å². The van der Waals surface area contributed by atoms with Gasteiger partial charge in [-0.05, 0) is 42.3 Å². The van der Waals surface area contributed by atoms with Gasteiger partial charge in [0.05, 0.1) is 6.20 Å². The van der Waals surface area contributed by atoms with Gasteiger partial charge < -0.3 is 10.6 Å². The van der Waals surface area contributed by atoms with Crippen molar-refractivity contribution < 1.29 is 0 Å². The fourth-order valence-corrected chi connectivity index (χ4v) is 2.18.